The normalized spacial score (nSPS) is 26.7. The average Bonchev–Trinajstić information content (AvgIpc) is 2.63. The van der Waals surface area contributed by atoms with Gasteiger partial charge in [0.05, 0.1) is 11.0 Å². The molecule has 0 saturated carbocycles. The quantitative estimate of drug-likeness (QED) is 0.717. The molecule has 4 nitrogen and oxygen atoms in total. The van der Waals surface area contributed by atoms with E-state index in [-0.39, 0.29) is 16.9 Å². The van der Waals surface area contributed by atoms with Crippen LogP contribution in [0.5, 0.6) is 0 Å². The first-order valence-electron chi connectivity index (χ1n) is 5.44. The number of ether oxygens (including phenoxy) is 1. The fourth-order valence-corrected chi connectivity index (χ4v) is 1.59. The summed E-state index contributed by atoms with van der Waals surface area (Å²) in [5, 5.41) is 6.17. The summed E-state index contributed by atoms with van der Waals surface area (Å²) in [5.74, 6) is 0.123. The Morgan fingerprint density at radius 3 is 2.73 bits per heavy atom. The van der Waals surface area contributed by atoms with Crippen molar-refractivity contribution in [2.75, 3.05) is 26.7 Å². The SMILES string of the molecule is COC(C)(C)CNC(=O)C1(C)CCNC1. The van der Waals surface area contributed by atoms with Gasteiger partial charge in [0, 0.05) is 20.2 Å². The van der Waals surface area contributed by atoms with Crippen molar-refractivity contribution in [3.8, 4) is 0 Å². The highest BCUT2D eigenvalue weighted by atomic mass is 16.5. The first-order valence-corrected chi connectivity index (χ1v) is 5.44. The van der Waals surface area contributed by atoms with E-state index in [4.69, 9.17) is 4.74 Å². The third-order valence-electron chi connectivity index (χ3n) is 3.14. The van der Waals surface area contributed by atoms with Gasteiger partial charge in [0.1, 0.15) is 0 Å². The van der Waals surface area contributed by atoms with E-state index < -0.39 is 0 Å². The summed E-state index contributed by atoms with van der Waals surface area (Å²) in [6.45, 7) is 8.18. The van der Waals surface area contributed by atoms with Crippen LogP contribution in [0.4, 0.5) is 0 Å². The minimum Gasteiger partial charge on any atom is -0.377 e. The van der Waals surface area contributed by atoms with Gasteiger partial charge in [-0.2, -0.15) is 0 Å². The van der Waals surface area contributed by atoms with Crippen LogP contribution < -0.4 is 10.6 Å². The number of hydrogen-bond donors (Lipinski definition) is 2. The first kappa shape index (κ1) is 12.5. The van der Waals surface area contributed by atoms with Gasteiger partial charge in [-0.3, -0.25) is 4.79 Å². The lowest BCUT2D eigenvalue weighted by Gasteiger charge is -2.27. The van der Waals surface area contributed by atoms with Crippen LogP contribution in [0.2, 0.25) is 0 Å². The zero-order valence-electron chi connectivity index (χ0n) is 10.1. The summed E-state index contributed by atoms with van der Waals surface area (Å²) in [5.41, 5.74) is -0.540. The second-order valence-electron chi connectivity index (χ2n) is 5.13. The molecule has 15 heavy (non-hydrogen) atoms. The van der Waals surface area contributed by atoms with Crippen molar-refractivity contribution in [1.29, 1.82) is 0 Å². The summed E-state index contributed by atoms with van der Waals surface area (Å²) in [7, 11) is 1.66. The van der Waals surface area contributed by atoms with Crippen LogP contribution in [-0.4, -0.2) is 38.3 Å². The second-order valence-corrected chi connectivity index (χ2v) is 5.13. The monoisotopic (exact) mass is 214 g/mol. The Labute approximate surface area is 91.8 Å². The molecule has 0 spiro atoms. The molecule has 0 aromatic rings. The molecule has 1 aliphatic rings. The topological polar surface area (TPSA) is 50.4 Å². The Bertz CT molecular complexity index is 233. The number of hydrogen-bond acceptors (Lipinski definition) is 3. The lowest BCUT2D eigenvalue weighted by molar-refractivity contribution is -0.130. The van der Waals surface area contributed by atoms with E-state index in [9.17, 15) is 4.79 Å². The van der Waals surface area contributed by atoms with Gasteiger partial charge in [-0.25, -0.2) is 0 Å². The molecule has 0 radical (unpaired) electrons. The predicted octanol–water partition coefficient (Wildman–Crippen LogP) is 0.527. The Morgan fingerprint density at radius 2 is 2.27 bits per heavy atom. The third kappa shape index (κ3) is 3.18. The van der Waals surface area contributed by atoms with Crippen LogP contribution in [0.25, 0.3) is 0 Å². The van der Waals surface area contributed by atoms with E-state index in [0.29, 0.717) is 6.54 Å². The van der Waals surface area contributed by atoms with Crippen LogP contribution in [-0.2, 0) is 9.53 Å². The van der Waals surface area contributed by atoms with Crippen LogP contribution in [0.1, 0.15) is 27.2 Å². The molecule has 1 atom stereocenters. The minimum atomic E-state index is -0.294. The van der Waals surface area contributed by atoms with E-state index in [1.807, 2.05) is 20.8 Å². The zero-order chi connectivity index (χ0) is 11.5. The van der Waals surface area contributed by atoms with Gasteiger partial charge in [-0.1, -0.05) is 0 Å². The number of nitrogens with one attached hydrogen (secondary N) is 2. The van der Waals surface area contributed by atoms with Crippen molar-refractivity contribution in [2.45, 2.75) is 32.8 Å². The third-order valence-corrected chi connectivity index (χ3v) is 3.14. The summed E-state index contributed by atoms with van der Waals surface area (Å²) < 4.78 is 5.25. The summed E-state index contributed by atoms with van der Waals surface area (Å²) in [6, 6.07) is 0. The molecule has 1 rings (SSSR count). The average molecular weight is 214 g/mol. The van der Waals surface area contributed by atoms with E-state index in [2.05, 4.69) is 10.6 Å². The van der Waals surface area contributed by atoms with Gasteiger partial charge < -0.3 is 15.4 Å². The minimum absolute atomic E-state index is 0.123. The Balaban J connectivity index is 2.42. The second kappa shape index (κ2) is 4.49. The van der Waals surface area contributed by atoms with Crippen molar-refractivity contribution >= 4 is 5.91 Å². The smallest absolute Gasteiger partial charge is 0.227 e. The molecule has 0 bridgehead atoms. The predicted molar refractivity (Wildman–Crippen MR) is 59.7 cm³/mol. The molecule has 1 heterocycles. The molecule has 1 fully saturated rings. The van der Waals surface area contributed by atoms with E-state index in [1.54, 1.807) is 7.11 Å². The van der Waals surface area contributed by atoms with Gasteiger partial charge >= 0.3 is 0 Å². The van der Waals surface area contributed by atoms with Crippen LogP contribution >= 0.6 is 0 Å². The Morgan fingerprint density at radius 1 is 1.60 bits per heavy atom. The van der Waals surface area contributed by atoms with Gasteiger partial charge in [0.2, 0.25) is 5.91 Å². The summed E-state index contributed by atoms with van der Waals surface area (Å²) >= 11 is 0. The molecule has 88 valence electrons. The lowest BCUT2D eigenvalue weighted by atomic mass is 9.88. The van der Waals surface area contributed by atoms with E-state index in [1.165, 1.54) is 0 Å². The van der Waals surface area contributed by atoms with Crippen molar-refractivity contribution < 1.29 is 9.53 Å². The molecular weight excluding hydrogens is 192 g/mol. The highest BCUT2D eigenvalue weighted by Crippen LogP contribution is 2.24. The fraction of sp³-hybridized carbons (Fsp3) is 0.909. The van der Waals surface area contributed by atoms with Gasteiger partial charge in [-0.05, 0) is 33.7 Å². The van der Waals surface area contributed by atoms with Gasteiger partial charge in [0.25, 0.3) is 0 Å². The molecule has 1 aliphatic heterocycles. The van der Waals surface area contributed by atoms with Gasteiger partial charge in [0.15, 0.2) is 0 Å². The maximum atomic E-state index is 11.9. The van der Waals surface area contributed by atoms with Crippen LogP contribution in [0, 0.1) is 5.41 Å². The zero-order valence-corrected chi connectivity index (χ0v) is 10.1. The molecule has 1 saturated heterocycles. The standard InChI is InChI=1S/C11H22N2O2/c1-10(2,15-4)7-13-9(14)11(3)5-6-12-8-11/h12H,5-8H2,1-4H3,(H,13,14). The highest BCUT2D eigenvalue weighted by Gasteiger charge is 2.36. The maximum Gasteiger partial charge on any atom is 0.227 e. The number of carbonyl (C=O) groups is 1. The molecule has 4 heteroatoms. The number of amides is 1. The van der Waals surface area contributed by atoms with Crippen LogP contribution in [0.15, 0.2) is 0 Å². The van der Waals surface area contributed by atoms with Crippen molar-refractivity contribution in [1.82, 2.24) is 10.6 Å². The Hall–Kier alpha value is -0.610. The van der Waals surface area contributed by atoms with Crippen molar-refractivity contribution in [3.63, 3.8) is 0 Å². The molecule has 0 aliphatic carbocycles. The molecule has 2 N–H and O–H groups in total. The lowest BCUT2D eigenvalue weighted by Crippen LogP contribution is -2.46. The highest BCUT2D eigenvalue weighted by molar-refractivity contribution is 5.82. The summed E-state index contributed by atoms with van der Waals surface area (Å²) in [4.78, 5) is 11.9. The molecule has 1 unspecified atom stereocenters. The molecule has 0 aromatic heterocycles. The number of methoxy groups -OCH3 is 1. The van der Waals surface area contributed by atoms with E-state index >= 15 is 0 Å². The number of rotatable bonds is 4. The van der Waals surface area contributed by atoms with Crippen molar-refractivity contribution in [3.05, 3.63) is 0 Å². The largest absolute Gasteiger partial charge is 0.377 e. The van der Waals surface area contributed by atoms with Crippen molar-refractivity contribution in [2.24, 2.45) is 5.41 Å². The van der Waals surface area contributed by atoms with Crippen LogP contribution in [0.3, 0.4) is 0 Å². The fourth-order valence-electron chi connectivity index (χ4n) is 1.59. The first-order chi connectivity index (χ1) is 6.90. The molecular formula is C11H22N2O2. The molecule has 1 amide bonds. The Kier molecular flexibility index (Phi) is 3.73. The molecule has 0 aromatic carbocycles. The summed E-state index contributed by atoms with van der Waals surface area (Å²) in [6.07, 6.45) is 0.909. The van der Waals surface area contributed by atoms with E-state index in [0.717, 1.165) is 19.5 Å². The van der Waals surface area contributed by atoms with Gasteiger partial charge in [-0.15, -0.1) is 0 Å². The maximum absolute atomic E-state index is 11.9. The number of carbonyl (C=O) groups excluding carboxylic acids is 1.